The number of hydrogen-bond acceptors (Lipinski definition) is 2. The first kappa shape index (κ1) is 16.0. The van der Waals surface area contributed by atoms with Crippen molar-refractivity contribution in [1.29, 1.82) is 0 Å². The van der Waals surface area contributed by atoms with Crippen LogP contribution in [-0.4, -0.2) is 19.7 Å². The predicted molar refractivity (Wildman–Crippen MR) is 78.3 cm³/mol. The SMILES string of the molecule is CCCNC(CCC)CCc1cccc(OC)c1F. The normalized spacial score (nSPS) is 12.4. The van der Waals surface area contributed by atoms with Crippen molar-refractivity contribution >= 4 is 0 Å². The van der Waals surface area contributed by atoms with E-state index in [4.69, 9.17) is 4.74 Å². The van der Waals surface area contributed by atoms with Gasteiger partial charge in [-0.05, 0) is 43.9 Å². The standard InChI is InChI=1S/C16H26FNO/c1-4-7-14(18-12-5-2)11-10-13-8-6-9-15(19-3)16(13)17/h6,8-9,14,18H,4-5,7,10-12H2,1-3H3. The van der Waals surface area contributed by atoms with Crippen LogP contribution in [0.15, 0.2) is 18.2 Å². The van der Waals surface area contributed by atoms with Gasteiger partial charge in [-0.1, -0.05) is 32.4 Å². The number of benzene rings is 1. The summed E-state index contributed by atoms with van der Waals surface area (Å²) in [7, 11) is 1.50. The first-order valence-electron chi connectivity index (χ1n) is 7.27. The van der Waals surface area contributed by atoms with Crippen molar-refractivity contribution in [3.8, 4) is 5.75 Å². The highest BCUT2D eigenvalue weighted by Gasteiger charge is 2.11. The van der Waals surface area contributed by atoms with Crippen LogP contribution in [0, 0.1) is 5.82 Å². The Hall–Kier alpha value is -1.09. The number of aryl methyl sites for hydroxylation is 1. The molecule has 0 aliphatic rings. The number of methoxy groups -OCH3 is 1. The zero-order valence-electron chi connectivity index (χ0n) is 12.3. The fraction of sp³-hybridized carbons (Fsp3) is 0.625. The summed E-state index contributed by atoms with van der Waals surface area (Å²) in [5.41, 5.74) is 0.749. The summed E-state index contributed by atoms with van der Waals surface area (Å²) < 4.78 is 19.0. The molecule has 3 heteroatoms. The summed E-state index contributed by atoms with van der Waals surface area (Å²) >= 11 is 0. The summed E-state index contributed by atoms with van der Waals surface area (Å²) in [6.45, 7) is 5.38. The lowest BCUT2D eigenvalue weighted by Gasteiger charge is -2.18. The third-order valence-corrected chi connectivity index (χ3v) is 3.35. The zero-order chi connectivity index (χ0) is 14.1. The quantitative estimate of drug-likeness (QED) is 0.732. The Morgan fingerprint density at radius 1 is 1.21 bits per heavy atom. The van der Waals surface area contributed by atoms with Crippen molar-refractivity contribution in [3.05, 3.63) is 29.6 Å². The molecule has 0 aliphatic carbocycles. The molecule has 19 heavy (non-hydrogen) atoms. The van der Waals surface area contributed by atoms with Gasteiger partial charge in [0.05, 0.1) is 7.11 Å². The van der Waals surface area contributed by atoms with Gasteiger partial charge in [0.2, 0.25) is 0 Å². The molecule has 108 valence electrons. The van der Waals surface area contributed by atoms with Crippen molar-refractivity contribution in [2.45, 2.75) is 52.0 Å². The molecule has 0 fully saturated rings. The van der Waals surface area contributed by atoms with Crippen LogP contribution in [-0.2, 0) is 6.42 Å². The van der Waals surface area contributed by atoms with Crippen LogP contribution in [0.1, 0.15) is 45.1 Å². The van der Waals surface area contributed by atoms with E-state index in [1.54, 1.807) is 6.07 Å². The molecular weight excluding hydrogens is 241 g/mol. The first-order valence-corrected chi connectivity index (χ1v) is 7.27. The molecule has 0 aliphatic heterocycles. The number of hydrogen-bond donors (Lipinski definition) is 1. The van der Waals surface area contributed by atoms with E-state index in [1.165, 1.54) is 7.11 Å². The Balaban J connectivity index is 2.58. The average molecular weight is 267 g/mol. The van der Waals surface area contributed by atoms with Crippen LogP contribution in [0.3, 0.4) is 0 Å². The highest BCUT2D eigenvalue weighted by molar-refractivity contribution is 5.31. The molecule has 0 amide bonds. The molecule has 0 spiro atoms. The summed E-state index contributed by atoms with van der Waals surface area (Å²) in [6.07, 6.45) is 5.16. The van der Waals surface area contributed by atoms with Crippen LogP contribution in [0.4, 0.5) is 4.39 Å². The average Bonchev–Trinajstić information content (AvgIpc) is 2.43. The second-order valence-electron chi connectivity index (χ2n) is 4.91. The topological polar surface area (TPSA) is 21.3 Å². The van der Waals surface area contributed by atoms with Gasteiger partial charge in [0.15, 0.2) is 11.6 Å². The Morgan fingerprint density at radius 2 is 2.00 bits per heavy atom. The van der Waals surface area contributed by atoms with Crippen molar-refractivity contribution in [3.63, 3.8) is 0 Å². The fourth-order valence-corrected chi connectivity index (χ4v) is 2.28. The molecule has 1 N–H and O–H groups in total. The lowest BCUT2D eigenvalue weighted by molar-refractivity contribution is 0.382. The van der Waals surface area contributed by atoms with E-state index in [1.807, 2.05) is 12.1 Å². The van der Waals surface area contributed by atoms with Crippen LogP contribution in [0.2, 0.25) is 0 Å². The Labute approximate surface area is 116 Å². The van der Waals surface area contributed by atoms with E-state index in [0.29, 0.717) is 11.8 Å². The van der Waals surface area contributed by atoms with Crippen molar-refractivity contribution in [1.82, 2.24) is 5.32 Å². The summed E-state index contributed by atoms with van der Waals surface area (Å²) in [5.74, 6) is 0.127. The van der Waals surface area contributed by atoms with E-state index < -0.39 is 0 Å². The van der Waals surface area contributed by atoms with Crippen LogP contribution < -0.4 is 10.1 Å². The molecule has 1 atom stereocenters. The van der Waals surface area contributed by atoms with Gasteiger partial charge in [0.1, 0.15) is 0 Å². The molecule has 0 saturated carbocycles. The fourth-order valence-electron chi connectivity index (χ4n) is 2.28. The zero-order valence-corrected chi connectivity index (χ0v) is 12.3. The van der Waals surface area contributed by atoms with Gasteiger partial charge >= 0.3 is 0 Å². The Bertz CT molecular complexity index is 368. The molecule has 0 radical (unpaired) electrons. The minimum Gasteiger partial charge on any atom is -0.494 e. The van der Waals surface area contributed by atoms with Gasteiger partial charge < -0.3 is 10.1 Å². The molecule has 2 nitrogen and oxygen atoms in total. The van der Waals surface area contributed by atoms with Gasteiger partial charge in [0, 0.05) is 6.04 Å². The lowest BCUT2D eigenvalue weighted by Crippen LogP contribution is -2.30. The number of rotatable bonds is 9. The van der Waals surface area contributed by atoms with Gasteiger partial charge in [0.25, 0.3) is 0 Å². The molecule has 1 aromatic rings. The minimum atomic E-state index is -0.212. The summed E-state index contributed by atoms with van der Waals surface area (Å²) in [4.78, 5) is 0. The highest BCUT2D eigenvalue weighted by atomic mass is 19.1. The van der Waals surface area contributed by atoms with Crippen molar-refractivity contribution in [2.75, 3.05) is 13.7 Å². The Kier molecular flexibility index (Phi) is 7.49. The molecular formula is C16H26FNO. The second kappa shape index (κ2) is 8.92. The molecule has 0 aromatic heterocycles. The van der Waals surface area contributed by atoms with Crippen LogP contribution >= 0.6 is 0 Å². The van der Waals surface area contributed by atoms with E-state index in [2.05, 4.69) is 19.2 Å². The highest BCUT2D eigenvalue weighted by Crippen LogP contribution is 2.21. The van der Waals surface area contributed by atoms with Crippen LogP contribution in [0.5, 0.6) is 5.75 Å². The third-order valence-electron chi connectivity index (χ3n) is 3.35. The molecule has 1 aromatic carbocycles. The van der Waals surface area contributed by atoms with E-state index in [0.717, 1.165) is 44.2 Å². The number of nitrogens with one attached hydrogen (secondary N) is 1. The lowest BCUT2D eigenvalue weighted by atomic mass is 10.0. The maximum absolute atomic E-state index is 14.0. The van der Waals surface area contributed by atoms with E-state index in [9.17, 15) is 4.39 Å². The smallest absolute Gasteiger partial charge is 0.168 e. The van der Waals surface area contributed by atoms with E-state index >= 15 is 0 Å². The largest absolute Gasteiger partial charge is 0.494 e. The maximum atomic E-state index is 14.0. The minimum absolute atomic E-state index is 0.212. The van der Waals surface area contributed by atoms with E-state index in [-0.39, 0.29) is 5.82 Å². The number of ether oxygens (including phenoxy) is 1. The monoisotopic (exact) mass is 267 g/mol. The van der Waals surface area contributed by atoms with Crippen molar-refractivity contribution in [2.24, 2.45) is 0 Å². The molecule has 0 saturated heterocycles. The summed E-state index contributed by atoms with van der Waals surface area (Å²) in [6, 6.07) is 5.85. The maximum Gasteiger partial charge on any atom is 0.168 e. The van der Waals surface area contributed by atoms with Crippen molar-refractivity contribution < 1.29 is 9.13 Å². The number of halogens is 1. The first-order chi connectivity index (χ1) is 9.22. The Morgan fingerprint density at radius 3 is 2.63 bits per heavy atom. The third kappa shape index (κ3) is 5.19. The van der Waals surface area contributed by atoms with Gasteiger partial charge in [-0.25, -0.2) is 4.39 Å². The summed E-state index contributed by atoms with van der Waals surface area (Å²) in [5, 5.41) is 3.53. The van der Waals surface area contributed by atoms with Gasteiger partial charge in [-0.15, -0.1) is 0 Å². The predicted octanol–water partition coefficient (Wildman–Crippen LogP) is 3.94. The second-order valence-corrected chi connectivity index (χ2v) is 4.91. The molecule has 0 heterocycles. The van der Waals surface area contributed by atoms with Gasteiger partial charge in [-0.3, -0.25) is 0 Å². The van der Waals surface area contributed by atoms with Crippen LogP contribution in [0.25, 0.3) is 0 Å². The molecule has 0 bridgehead atoms. The molecule has 1 unspecified atom stereocenters. The van der Waals surface area contributed by atoms with Gasteiger partial charge in [-0.2, -0.15) is 0 Å². The molecule has 1 rings (SSSR count).